The number of alkyl halides is 3. The number of carboxylic acids is 1. The van der Waals surface area contributed by atoms with Crippen LogP contribution in [0.3, 0.4) is 0 Å². The van der Waals surface area contributed by atoms with Crippen molar-refractivity contribution in [3.8, 4) is 11.3 Å². The Morgan fingerprint density at radius 2 is 1.82 bits per heavy atom. The quantitative estimate of drug-likeness (QED) is 0.463. The maximum Gasteiger partial charge on any atom is 0.490 e. The number of carbonyl (C=O) groups is 3. The number of benzene rings is 1. The Balaban J connectivity index is 0.000000448. The van der Waals surface area contributed by atoms with Gasteiger partial charge in [-0.1, -0.05) is 18.2 Å². The van der Waals surface area contributed by atoms with E-state index in [0.717, 1.165) is 34.6 Å². The third kappa shape index (κ3) is 7.11. The Morgan fingerprint density at radius 1 is 1.08 bits per heavy atom. The zero-order valence-corrected chi connectivity index (χ0v) is 20.6. The molecule has 0 radical (unpaired) electrons. The summed E-state index contributed by atoms with van der Waals surface area (Å²) in [5.41, 5.74) is 5.96. The molecular formula is C27H25F3N4O5. The van der Waals surface area contributed by atoms with E-state index in [1.165, 1.54) is 0 Å². The number of amides is 2. The van der Waals surface area contributed by atoms with Crippen LogP contribution >= 0.6 is 0 Å². The molecule has 2 aliphatic rings. The lowest BCUT2D eigenvalue weighted by molar-refractivity contribution is -0.192. The smallest absolute Gasteiger partial charge is 0.475 e. The van der Waals surface area contributed by atoms with Gasteiger partial charge in [-0.2, -0.15) is 13.2 Å². The molecule has 12 heteroatoms. The first-order chi connectivity index (χ1) is 18.6. The molecule has 0 spiro atoms. The van der Waals surface area contributed by atoms with Crippen molar-refractivity contribution in [1.29, 1.82) is 0 Å². The fourth-order valence-electron chi connectivity index (χ4n) is 4.06. The molecule has 0 aliphatic carbocycles. The van der Waals surface area contributed by atoms with E-state index in [2.05, 4.69) is 15.3 Å². The van der Waals surface area contributed by atoms with Gasteiger partial charge in [-0.15, -0.1) is 0 Å². The summed E-state index contributed by atoms with van der Waals surface area (Å²) in [6, 6.07) is 13.4. The van der Waals surface area contributed by atoms with Gasteiger partial charge in [-0.3, -0.25) is 14.6 Å². The number of hydrogen-bond donors (Lipinski definition) is 3. The normalized spacial score (nSPS) is 15.3. The second-order valence-corrected chi connectivity index (χ2v) is 8.72. The number of nitrogens with one attached hydrogen (secondary N) is 2. The van der Waals surface area contributed by atoms with Gasteiger partial charge < -0.3 is 25.0 Å². The number of aromatic amines is 1. The van der Waals surface area contributed by atoms with E-state index < -0.39 is 12.1 Å². The third-order valence-electron chi connectivity index (χ3n) is 6.02. The SMILES string of the molecule is O=C(O)C(F)(F)F.O=C1NCCc2[nH]c(-c3ccnc(/C=C/c4cccc(C(=O)N5CCOCC5)c4)c3)cc21. The van der Waals surface area contributed by atoms with E-state index >= 15 is 0 Å². The summed E-state index contributed by atoms with van der Waals surface area (Å²) in [6.07, 6.45) is 1.36. The van der Waals surface area contributed by atoms with Crippen LogP contribution in [0.15, 0.2) is 48.7 Å². The Bertz CT molecular complexity index is 1390. The van der Waals surface area contributed by atoms with E-state index in [-0.39, 0.29) is 11.8 Å². The van der Waals surface area contributed by atoms with Gasteiger partial charge in [0.1, 0.15) is 0 Å². The first-order valence-electron chi connectivity index (χ1n) is 12.0. The second-order valence-electron chi connectivity index (χ2n) is 8.72. The average Bonchev–Trinajstić information content (AvgIpc) is 3.38. The van der Waals surface area contributed by atoms with Gasteiger partial charge >= 0.3 is 12.1 Å². The van der Waals surface area contributed by atoms with Crippen LogP contribution in [-0.2, 0) is 16.0 Å². The molecule has 3 aromatic rings. The number of hydrogen-bond acceptors (Lipinski definition) is 5. The van der Waals surface area contributed by atoms with Crippen LogP contribution in [-0.4, -0.2) is 76.8 Å². The molecule has 39 heavy (non-hydrogen) atoms. The van der Waals surface area contributed by atoms with Gasteiger partial charge in [0.05, 0.1) is 24.5 Å². The predicted octanol–water partition coefficient (Wildman–Crippen LogP) is 3.64. The molecule has 2 aliphatic heterocycles. The van der Waals surface area contributed by atoms with E-state index in [9.17, 15) is 22.8 Å². The highest BCUT2D eigenvalue weighted by molar-refractivity contribution is 5.98. The molecule has 0 bridgehead atoms. The van der Waals surface area contributed by atoms with Crippen molar-refractivity contribution in [2.24, 2.45) is 0 Å². The number of nitrogens with zero attached hydrogens (tertiary/aromatic N) is 2. The third-order valence-corrected chi connectivity index (χ3v) is 6.02. The highest BCUT2D eigenvalue weighted by Gasteiger charge is 2.38. The van der Waals surface area contributed by atoms with Crippen LogP contribution in [0.25, 0.3) is 23.4 Å². The Morgan fingerprint density at radius 3 is 2.51 bits per heavy atom. The zero-order chi connectivity index (χ0) is 28.0. The van der Waals surface area contributed by atoms with Crippen molar-refractivity contribution in [3.63, 3.8) is 0 Å². The number of H-pyrrole nitrogens is 1. The van der Waals surface area contributed by atoms with E-state index in [4.69, 9.17) is 14.6 Å². The van der Waals surface area contributed by atoms with Gasteiger partial charge in [0.15, 0.2) is 0 Å². The number of carboxylic acid groups (broad SMARTS) is 1. The van der Waals surface area contributed by atoms with Crippen LogP contribution < -0.4 is 5.32 Å². The first kappa shape index (κ1) is 27.6. The summed E-state index contributed by atoms with van der Waals surface area (Å²) in [5, 5.41) is 10.00. The number of rotatable bonds is 4. The molecule has 204 valence electrons. The highest BCUT2D eigenvalue weighted by Crippen LogP contribution is 2.25. The van der Waals surface area contributed by atoms with Crippen LogP contribution in [0.2, 0.25) is 0 Å². The largest absolute Gasteiger partial charge is 0.490 e. The molecule has 2 amide bonds. The number of aliphatic carboxylic acids is 1. The first-order valence-corrected chi connectivity index (χ1v) is 12.0. The number of carbonyl (C=O) groups excluding carboxylic acids is 2. The standard InChI is InChI=1S/C25H24N4O3.C2HF3O2/c30-24-21-16-23(28-22(21)7-9-27-24)18-6-8-26-20(15-18)5-4-17-2-1-3-19(14-17)25(31)29-10-12-32-13-11-29;3-2(4,5)1(6)7/h1-6,8,14-16,28H,7,9-13H2,(H,27,30);(H,6,7)/b5-4+;. The summed E-state index contributed by atoms with van der Waals surface area (Å²) in [4.78, 5) is 43.3. The molecule has 3 N–H and O–H groups in total. The summed E-state index contributed by atoms with van der Waals surface area (Å²) in [7, 11) is 0. The van der Waals surface area contributed by atoms with Crippen molar-refractivity contribution in [3.05, 3.63) is 76.7 Å². The minimum absolute atomic E-state index is 0.0309. The summed E-state index contributed by atoms with van der Waals surface area (Å²) >= 11 is 0. The predicted molar refractivity (Wildman–Crippen MR) is 136 cm³/mol. The van der Waals surface area contributed by atoms with Gasteiger partial charge in [-0.05, 0) is 42.0 Å². The Labute approximate surface area is 221 Å². The Hall–Kier alpha value is -4.45. The molecular weight excluding hydrogens is 517 g/mol. The van der Waals surface area contributed by atoms with Crippen molar-refractivity contribution in [1.82, 2.24) is 20.2 Å². The van der Waals surface area contributed by atoms with Crippen molar-refractivity contribution in [2.75, 3.05) is 32.8 Å². The molecule has 5 rings (SSSR count). The maximum absolute atomic E-state index is 12.7. The minimum Gasteiger partial charge on any atom is -0.475 e. The molecule has 0 atom stereocenters. The van der Waals surface area contributed by atoms with Crippen molar-refractivity contribution < 1.29 is 37.4 Å². The van der Waals surface area contributed by atoms with Crippen molar-refractivity contribution in [2.45, 2.75) is 12.6 Å². The van der Waals surface area contributed by atoms with Crippen LogP contribution in [0.4, 0.5) is 13.2 Å². The lowest BCUT2D eigenvalue weighted by Gasteiger charge is -2.26. The molecule has 2 aromatic heterocycles. The van der Waals surface area contributed by atoms with Gasteiger partial charge in [-0.25, -0.2) is 4.79 Å². The zero-order valence-electron chi connectivity index (χ0n) is 20.6. The number of morpholine rings is 1. The number of halogens is 3. The van der Waals surface area contributed by atoms with Gasteiger partial charge in [0.2, 0.25) is 0 Å². The van der Waals surface area contributed by atoms with Crippen molar-refractivity contribution >= 4 is 29.9 Å². The average molecular weight is 543 g/mol. The second kappa shape index (κ2) is 11.9. The molecule has 4 heterocycles. The minimum atomic E-state index is -5.08. The summed E-state index contributed by atoms with van der Waals surface area (Å²) in [6.45, 7) is 3.08. The summed E-state index contributed by atoms with van der Waals surface area (Å²) in [5.74, 6) is -2.76. The van der Waals surface area contributed by atoms with E-state index in [1.54, 1.807) is 6.20 Å². The van der Waals surface area contributed by atoms with Gasteiger partial charge in [0, 0.05) is 54.8 Å². The number of fused-ring (bicyclic) bond motifs is 1. The number of ether oxygens (including phenoxy) is 1. The van der Waals surface area contributed by atoms with Crippen LogP contribution in [0.5, 0.6) is 0 Å². The van der Waals surface area contributed by atoms with Crippen LogP contribution in [0.1, 0.15) is 37.7 Å². The molecule has 0 unspecified atom stereocenters. The fraction of sp³-hybridized carbons (Fsp3) is 0.259. The molecule has 1 fully saturated rings. The molecule has 1 saturated heterocycles. The Kier molecular flexibility index (Phi) is 8.45. The lowest BCUT2D eigenvalue weighted by Crippen LogP contribution is -2.40. The summed E-state index contributed by atoms with van der Waals surface area (Å²) < 4.78 is 37.1. The molecule has 1 aromatic carbocycles. The fourth-order valence-corrected chi connectivity index (χ4v) is 4.06. The van der Waals surface area contributed by atoms with E-state index in [1.807, 2.05) is 59.5 Å². The highest BCUT2D eigenvalue weighted by atomic mass is 19.4. The van der Waals surface area contributed by atoms with Crippen LogP contribution in [0, 0.1) is 0 Å². The monoisotopic (exact) mass is 542 g/mol. The molecule has 0 saturated carbocycles. The lowest BCUT2D eigenvalue weighted by atomic mass is 10.1. The number of aromatic nitrogens is 2. The maximum atomic E-state index is 12.7. The van der Waals surface area contributed by atoms with E-state index in [0.29, 0.717) is 44.0 Å². The molecule has 9 nitrogen and oxygen atoms in total. The topological polar surface area (TPSA) is 125 Å². The van der Waals surface area contributed by atoms with Gasteiger partial charge in [0.25, 0.3) is 11.8 Å². The number of pyridine rings is 1.